The molecule has 0 fully saturated rings. The molecule has 0 aliphatic rings. The highest BCUT2D eigenvalue weighted by Crippen LogP contribution is 2.22. The number of nitrogens with one attached hydrogen (secondary N) is 2. The fraction of sp³-hybridized carbons (Fsp3) is 0.308. The summed E-state index contributed by atoms with van der Waals surface area (Å²) in [6, 6.07) is 15.7. The zero-order valence-corrected chi connectivity index (χ0v) is 18.7. The Morgan fingerprint density at radius 2 is 1.76 bits per heavy atom. The van der Waals surface area contributed by atoms with E-state index in [0.29, 0.717) is 0 Å². The summed E-state index contributed by atoms with van der Waals surface area (Å²) in [6.45, 7) is 2.37. The Balaban J connectivity index is 1.59. The molecule has 0 saturated heterocycles. The van der Waals surface area contributed by atoms with Gasteiger partial charge in [0.15, 0.2) is 0 Å². The van der Waals surface area contributed by atoms with Crippen LogP contribution in [0, 0.1) is 11.8 Å². The van der Waals surface area contributed by atoms with Gasteiger partial charge < -0.3 is 25.3 Å². The highest BCUT2D eigenvalue weighted by Gasteiger charge is 2.16. The maximum absolute atomic E-state index is 11.5. The minimum Gasteiger partial charge on any atom is -0.502 e. The van der Waals surface area contributed by atoms with Crippen LogP contribution < -0.4 is 10.9 Å². The number of hydrogen-bond donors (Lipinski definition) is 4. The summed E-state index contributed by atoms with van der Waals surface area (Å²) < 4.78 is 5.04. The van der Waals surface area contributed by atoms with Crippen LogP contribution in [0.25, 0.3) is 0 Å². The second kappa shape index (κ2) is 12.6. The molecule has 0 saturated carbocycles. The van der Waals surface area contributed by atoms with Gasteiger partial charge in [-0.25, -0.2) is 4.98 Å². The van der Waals surface area contributed by atoms with Crippen molar-refractivity contribution in [3.63, 3.8) is 0 Å². The predicted molar refractivity (Wildman–Crippen MR) is 127 cm³/mol. The first kappa shape index (κ1) is 24.2. The van der Waals surface area contributed by atoms with Crippen molar-refractivity contribution in [1.82, 2.24) is 15.3 Å². The van der Waals surface area contributed by atoms with Crippen molar-refractivity contribution in [2.45, 2.75) is 25.3 Å². The fourth-order valence-electron chi connectivity index (χ4n) is 3.36. The molecule has 1 heterocycles. The van der Waals surface area contributed by atoms with Gasteiger partial charge in [-0.2, -0.15) is 0 Å². The van der Waals surface area contributed by atoms with E-state index in [2.05, 4.69) is 39.3 Å². The number of aliphatic hydroxyl groups excluding tert-OH is 1. The van der Waals surface area contributed by atoms with Gasteiger partial charge in [-0.15, -0.1) is 0 Å². The van der Waals surface area contributed by atoms with Crippen molar-refractivity contribution in [2.75, 3.05) is 26.9 Å². The van der Waals surface area contributed by atoms with Gasteiger partial charge in [0.25, 0.3) is 5.56 Å². The molecule has 1 atom stereocenters. The minimum atomic E-state index is -0.589. The summed E-state index contributed by atoms with van der Waals surface area (Å²) in [5, 5.41) is 23.1. The summed E-state index contributed by atoms with van der Waals surface area (Å²) in [6.07, 6.45) is 2.49. The van der Waals surface area contributed by atoms with Gasteiger partial charge in [0, 0.05) is 43.7 Å². The molecule has 1 aromatic heterocycles. The van der Waals surface area contributed by atoms with Crippen LogP contribution in [0.2, 0.25) is 0 Å². The van der Waals surface area contributed by atoms with Gasteiger partial charge in [0.05, 0.1) is 18.6 Å². The summed E-state index contributed by atoms with van der Waals surface area (Å²) in [5.41, 5.74) is 3.55. The first-order valence-corrected chi connectivity index (χ1v) is 10.9. The molecule has 0 aliphatic carbocycles. The first-order chi connectivity index (χ1) is 16.1. The van der Waals surface area contributed by atoms with E-state index in [4.69, 9.17) is 4.74 Å². The molecular formula is C26H29N3O4. The second-order valence-corrected chi connectivity index (χ2v) is 7.70. The van der Waals surface area contributed by atoms with Crippen LogP contribution in [0.1, 0.15) is 40.3 Å². The quantitative estimate of drug-likeness (QED) is 0.281. The molecule has 3 aromatic rings. The number of H-pyrrole nitrogens is 1. The summed E-state index contributed by atoms with van der Waals surface area (Å²) >= 11 is 0. The molecule has 7 heteroatoms. The van der Waals surface area contributed by atoms with Crippen molar-refractivity contribution in [3.05, 3.63) is 93.2 Å². The molecule has 33 heavy (non-hydrogen) atoms. The van der Waals surface area contributed by atoms with E-state index in [9.17, 15) is 15.0 Å². The van der Waals surface area contributed by atoms with E-state index in [1.54, 1.807) is 7.11 Å². The van der Waals surface area contributed by atoms with E-state index in [0.717, 1.165) is 42.8 Å². The summed E-state index contributed by atoms with van der Waals surface area (Å²) in [5.74, 6) is 5.63. The van der Waals surface area contributed by atoms with E-state index in [1.807, 2.05) is 36.4 Å². The molecule has 0 radical (unpaired) electrons. The van der Waals surface area contributed by atoms with E-state index < -0.39 is 11.3 Å². The molecule has 1 unspecified atom stereocenters. The number of benzene rings is 2. The standard InChI is InChI=1S/C26H29N3O4/c1-33-14-2-13-27-16-21-7-5-19(6-8-21)3-4-20-9-11-22(12-10-20)23(17-30)15-24-25(31)26(32)29-18-28-24/h5-12,18,23,27,30-31H,2,13-17H2,1H3,(H,28,29,32). The van der Waals surface area contributed by atoms with Crippen molar-refractivity contribution >= 4 is 0 Å². The molecule has 0 bridgehead atoms. The lowest BCUT2D eigenvalue weighted by atomic mass is 9.94. The fourth-order valence-corrected chi connectivity index (χ4v) is 3.36. The zero-order valence-electron chi connectivity index (χ0n) is 18.7. The lowest BCUT2D eigenvalue weighted by molar-refractivity contribution is 0.194. The van der Waals surface area contributed by atoms with Crippen molar-refractivity contribution < 1.29 is 14.9 Å². The SMILES string of the molecule is COCCCNCc1ccc(C#Cc2ccc(C(CO)Cc3nc[nH]c(=O)c3O)cc2)cc1. The van der Waals surface area contributed by atoms with E-state index >= 15 is 0 Å². The van der Waals surface area contributed by atoms with Crippen LogP contribution in [0.3, 0.4) is 0 Å². The average molecular weight is 448 g/mol. The van der Waals surface area contributed by atoms with Crippen molar-refractivity contribution in [1.29, 1.82) is 0 Å². The van der Waals surface area contributed by atoms with Gasteiger partial charge in [0.1, 0.15) is 0 Å². The Labute approximate surface area is 193 Å². The Morgan fingerprint density at radius 1 is 1.09 bits per heavy atom. The van der Waals surface area contributed by atoms with Crippen molar-refractivity contribution in [2.24, 2.45) is 0 Å². The Hall–Kier alpha value is -3.44. The molecule has 172 valence electrons. The number of methoxy groups -OCH3 is 1. The first-order valence-electron chi connectivity index (χ1n) is 10.9. The van der Waals surface area contributed by atoms with E-state index in [-0.39, 0.29) is 24.6 Å². The minimum absolute atomic E-state index is 0.132. The maximum Gasteiger partial charge on any atom is 0.293 e. The zero-order chi connectivity index (χ0) is 23.5. The third-order valence-electron chi connectivity index (χ3n) is 5.28. The molecule has 0 amide bonds. The summed E-state index contributed by atoms with van der Waals surface area (Å²) in [4.78, 5) is 17.9. The topological polar surface area (TPSA) is 107 Å². The average Bonchev–Trinajstić information content (AvgIpc) is 2.85. The molecule has 4 N–H and O–H groups in total. The number of ether oxygens (including phenoxy) is 1. The lowest BCUT2D eigenvalue weighted by Gasteiger charge is -2.14. The number of rotatable bonds is 10. The van der Waals surface area contributed by atoms with Gasteiger partial charge in [-0.05, 0) is 48.4 Å². The lowest BCUT2D eigenvalue weighted by Crippen LogP contribution is -2.15. The van der Waals surface area contributed by atoms with Crippen LogP contribution >= 0.6 is 0 Å². The molecular weight excluding hydrogens is 418 g/mol. The largest absolute Gasteiger partial charge is 0.502 e. The number of aromatic nitrogens is 2. The summed E-state index contributed by atoms with van der Waals surface area (Å²) in [7, 11) is 1.71. The molecule has 0 spiro atoms. The van der Waals surface area contributed by atoms with Gasteiger partial charge >= 0.3 is 0 Å². The van der Waals surface area contributed by atoms with Crippen LogP contribution in [-0.4, -0.2) is 47.0 Å². The predicted octanol–water partition coefficient (Wildman–Crippen LogP) is 2.32. The van der Waals surface area contributed by atoms with Crippen LogP contribution in [0.5, 0.6) is 5.75 Å². The Morgan fingerprint density at radius 3 is 2.39 bits per heavy atom. The molecule has 7 nitrogen and oxygen atoms in total. The number of aliphatic hydroxyl groups is 1. The smallest absolute Gasteiger partial charge is 0.293 e. The number of aromatic hydroxyl groups is 1. The Kier molecular flexibility index (Phi) is 9.21. The Bertz CT molecular complexity index is 1130. The highest BCUT2D eigenvalue weighted by molar-refractivity contribution is 5.44. The van der Waals surface area contributed by atoms with Crippen molar-refractivity contribution in [3.8, 4) is 17.6 Å². The molecule has 3 rings (SSSR count). The third kappa shape index (κ3) is 7.29. The molecule has 0 aliphatic heterocycles. The normalized spacial score (nSPS) is 11.6. The number of hydrogen-bond acceptors (Lipinski definition) is 6. The van der Waals surface area contributed by atoms with Gasteiger partial charge in [0.2, 0.25) is 5.75 Å². The second-order valence-electron chi connectivity index (χ2n) is 7.70. The van der Waals surface area contributed by atoms with Crippen LogP contribution in [0.4, 0.5) is 0 Å². The maximum atomic E-state index is 11.5. The van der Waals surface area contributed by atoms with Crippen LogP contribution in [0.15, 0.2) is 59.7 Å². The van der Waals surface area contributed by atoms with Gasteiger partial charge in [-0.3, -0.25) is 4.79 Å². The third-order valence-corrected chi connectivity index (χ3v) is 5.28. The monoisotopic (exact) mass is 447 g/mol. The highest BCUT2D eigenvalue weighted by atomic mass is 16.5. The van der Waals surface area contributed by atoms with E-state index in [1.165, 1.54) is 11.9 Å². The number of nitrogens with zero attached hydrogens (tertiary/aromatic N) is 1. The molecule has 2 aromatic carbocycles. The van der Waals surface area contributed by atoms with Gasteiger partial charge in [-0.1, -0.05) is 36.1 Å². The van der Waals surface area contributed by atoms with Crippen LogP contribution in [-0.2, 0) is 17.7 Å². The number of aromatic amines is 1.